The quantitative estimate of drug-likeness (QED) is 0.130. The second kappa shape index (κ2) is 10.5. The molecule has 218 valence electrons. The Morgan fingerprint density at radius 3 is 1.83 bits per heavy atom. The molecule has 2 fully saturated rings. The predicted molar refractivity (Wildman–Crippen MR) is 145 cm³/mol. The number of fused-ring (bicyclic) bond motifs is 8. The molecule has 2 aliphatic carbocycles. The van der Waals surface area contributed by atoms with Gasteiger partial charge in [-0.05, 0) is 88.6 Å². The van der Waals surface area contributed by atoms with Crippen LogP contribution in [0.15, 0.2) is 59.8 Å². The summed E-state index contributed by atoms with van der Waals surface area (Å²) in [5.41, 5.74) is 15.9. The summed E-state index contributed by atoms with van der Waals surface area (Å²) in [5, 5.41) is 21.9. The number of hydrogen-bond donors (Lipinski definition) is 4. The molecule has 0 unspecified atom stereocenters. The van der Waals surface area contributed by atoms with E-state index in [1.165, 1.54) is 42.4 Å². The third kappa shape index (κ3) is 5.32. The smallest absolute Gasteiger partial charge is 0.475 e. The molecule has 42 heavy (non-hydrogen) atoms. The normalized spacial score (nSPS) is 20.3. The summed E-state index contributed by atoms with van der Waals surface area (Å²) < 4.78 is 38.2. The van der Waals surface area contributed by atoms with Crippen LogP contribution in [0.25, 0.3) is 0 Å². The van der Waals surface area contributed by atoms with E-state index in [0.717, 1.165) is 23.0 Å². The van der Waals surface area contributed by atoms with Crippen molar-refractivity contribution in [1.82, 2.24) is 5.32 Å². The second-order valence-corrected chi connectivity index (χ2v) is 11.1. The average Bonchev–Trinajstić information content (AvgIpc) is 3.92. The van der Waals surface area contributed by atoms with Gasteiger partial charge in [0.25, 0.3) is 5.91 Å². The van der Waals surface area contributed by atoms with Gasteiger partial charge in [0.2, 0.25) is 0 Å². The van der Waals surface area contributed by atoms with Gasteiger partial charge >= 0.3 is 12.1 Å². The molecule has 0 spiro atoms. The van der Waals surface area contributed by atoms with Crippen molar-refractivity contribution >= 4 is 17.7 Å². The number of hydrogen-bond acceptors (Lipinski definition) is 5. The lowest BCUT2D eigenvalue weighted by Crippen LogP contribution is -2.23. The molecule has 0 radical (unpaired) electrons. The van der Waals surface area contributed by atoms with Gasteiger partial charge in [-0.3, -0.25) is 4.79 Å². The molecule has 3 aromatic rings. The van der Waals surface area contributed by atoms with E-state index in [4.69, 9.17) is 25.6 Å². The number of aliphatic carboxylic acids is 1. The molecule has 0 aromatic heterocycles. The minimum Gasteiger partial charge on any atom is -0.475 e. The molecular formula is C31H28F3N3O5. The fourth-order valence-corrected chi connectivity index (χ4v) is 5.70. The van der Waals surface area contributed by atoms with E-state index in [9.17, 15) is 18.0 Å². The highest BCUT2D eigenvalue weighted by molar-refractivity contribution is 5.97. The minimum atomic E-state index is -5.08. The maximum atomic E-state index is 12.9. The Morgan fingerprint density at radius 1 is 0.833 bits per heavy atom. The Morgan fingerprint density at radius 2 is 1.33 bits per heavy atom. The van der Waals surface area contributed by atoms with Crippen molar-refractivity contribution in [2.75, 3.05) is 0 Å². The lowest BCUT2D eigenvalue weighted by atomic mass is 9.82. The predicted octanol–water partition coefficient (Wildman–Crippen LogP) is 5.62. The highest BCUT2D eigenvalue weighted by Crippen LogP contribution is 2.58. The van der Waals surface area contributed by atoms with Crippen molar-refractivity contribution in [3.05, 3.63) is 105 Å². The number of alkyl halides is 3. The number of oxime groups is 1. The van der Waals surface area contributed by atoms with Crippen LogP contribution in [0.3, 0.4) is 0 Å². The summed E-state index contributed by atoms with van der Waals surface area (Å²) in [6.45, 7) is 0.395. The van der Waals surface area contributed by atoms with Crippen molar-refractivity contribution in [1.29, 1.82) is 0 Å². The first-order chi connectivity index (χ1) is 20.0. The first kappa shape index (κ1) is 27.8. The van der Waals surface area contributed by atoms with E-state index in [-0.39, 0.29) is 24.0 Å². The first-order valence-corrected chi connectivity index (χ1v) is 13.7. The Labute approximate surface area is 239 Å². The molecule has 8 nitrogen and oxygen atoms in total. The van der Waals surface area contributed by atoms with Crippen molar-refractivity contribution < 1.29 is 37.8 Å². The third-order valence-corrected chi connectivity index (χ3v) is 8.13. The zero-order chi connectivity index (χ0) is 29.8. The van der Waals surface area contributed by atoms with E-state index in [1.54, 1.807) is 23.3 Å². The van der Waals surface area contributed by atoms with Crippen LogP contribution >= 0.6 is 0 Å². The van der Waals surface area contributed by atoms with Crippen LogP contribution < -0.4 is 11.1 Å². The van der Waals surface area contributed by atoms with Crippen molar-refractivity contribution in [2.24, 2.45) is 10.9 Å². The van der Waals surface area contributed by atoms with Crippen molar-refractivity contribution in [2.45, 2.75) is 62.4 Å². The summed E-state index contributed by atoms with van der Waals surface area (Å²) in [4.78, 5) is 21.8. The lowest BCUT2D eigenvalue weighted by molar-refractivity contribution is -0.192. The van der Waals surface area contributed by atoms with Crippen LogP contribution in [-0.2, 0) is 16.1 Å². The summed E-state index contributed by atoms with van der Waals surface area (Å²) in [7, 11) is 0. The number of amidine groups is 1. The van der Waals surface area contributed by atoms with Gasteiger partial charge < -0.3 is 26.1 Å². The van der Waals surface area contributed by atoms with Gasteiger partial charge in [-0.25, -0.2) is 4.79 Å². The molecule has 5 N–H and O–H groups in total. The lowest BCUT2D eigenvalue weighted by Gasteiger charge is -2.20. The average molecular weight is 580 g/mol. The van der Waals surface area contributed by atoms with Crippen LogP contribution in [0.5, 0.6) is 0 Å². The van der Waals surface area contributed by atoms with Gasteiger partial charge in [-0.15, -0.1) is 0 Å². The van der Waals surface area contributed by atoms with Gasteiger partial charge in [0, 0.05) is 17.7 Å². The molecule has 2 heterocycles. The number of nitrogens with two attached hydrogens (primary N) is 1. The summed E-state index contributed by atoms with van der Waals surface area (Å²) in [6.07, 6.45) is 0.0739. The molecule has 1 amide bonds. The summed E-state index contributed by atoms with van der Waals surface area (Å²) in [5.74, 6) is -1.33. The largest absolute Gasteiger partial charge is 0.490 e. The first-order valence-electron chi connectivity index (χ1n) is 13.7. The molecule has 11 heteroatoms. The van der Waals surface area contributed by atoms with Crippen molar-refractivity contribution in [3.8, 4) is 0 Å². The number of nitrogens with zero attached hydrogens (tertiary/aromatic N) is 1. The minimum absolute atomic E-state index is 0.0127. The van der Waals surface area contributed by atoms with Gasteiger partial charge in [-0.1, -0.05) is 47.6 Å². The number of carboxylic acid groups (broad SMARTS) is 1. The number of halogens is 3. The fraction of sp³-hybridized carbons (Fsp3) is 0.323. The van der Waals surface area contributed by atoms with Crippen LogP contribution in [0.4, 0.5) is 13.2 Å². The molecule has 2 saturated carbocycles. The topological polar surface area (TPSA) is 134 Å². The fourth-order valence-electron chi connectivity index (χ4n) is 5.70. The number of amides is 1. The van der Waals surface area contributed by atoms with Crippen LogP contribution in [0, 0.1) is 0 Å². The zero-order valence-electron chi connectivity index (χ0n) is 22.3. The molecule has 0 saturated heterocycles. The number of carboxylic acids is 1. The number of nitrogens with one attached hydrogen (secondary N) is 1. The van der Waals surface area contributed by atoms with Gasteiger partial charge in [-0.2, -0.15) is 13.2 Å². The van der Waals surface area contributed by atoms with Crippen LogP contribution in [-0.4, -0.2) is 34.2 Å². The van der Waals surface area contributed by atoms with Gasteiger partial charge in [0.1, 0.15) is 12.2 Å². The van der Waals surface area contributed by atoms with E-state index >= 15 is 0 Å². The zero-order valence-corrected chi connectivity index (χ0v) is 22.3. The summed E-state index contributed by atoms with van der Waals surface area (Å²) >= 11 is 0. The number of benzene rings is 3. The standard InChI is InChI=1S/C29H27N3O3.C2HF3O2/c30-28(32-34)18-3-1-15(2-4-18)14-31-29(33)19-9-10-20-23(11-19)27-25-13-22(17-7-8-17)21(16-5-6-16)12-24(25)26(20)35-27;3-2(4,5)1(6)7/h1-4,9-13,16-17,26-27,34H,5-8,14H2,(H2,30,32)(H,31,33);(H,6,7)/t26-,27+;/m1./s1. The number of rotatable bonds is 6. The maximum absolute atomic E-state index is 12.9. The summed E-state index contributed by atoms with van der Waals surface area (Å²) in [6, 6.07) is 18.1. The molecule has 7 rings (SSSR count). The monoisotopic (exact) mass is 579 g/mol. The maximum Gasteiger partial charge on any atom is 0.490 e. The molecule has 2 aliphatic heterocycles. The highest BCUT2D eigenvalue weighted by Gasteiger charge is 2.45. The number of carbonyl (C=O) groups excluding carboxylic acids is 1. The Balaban J connectivity index is 0.000000405. The Kier molecular flexibility index (Phi) is 6.92. The molecule has 2 bridgehead atoms. The van der Waals surface area contributed by atoms with Gasteiger partial charge in [0.15, 0.2) is 5.84 Å². The number of carbonyl (C=O) groups is 2. The number of ether oxygens (including phenoxy) is 1. The molecule has 2 atom stereocenters. The molecular weight excluding hydrogens is 551 g/mol. The Bertz CT molecular complexity index is 1590. The van der Waals surface area contributed by atoms with E-state index in [1.807, 2.05) is 24.3 Å². The SMILES string of the molecule is NC(=NO)c1ccc(CNC(=O)c2ccc3c(c2)[C@@H]2O[C@H]3c3cc(C4CC4)c(C4CC4)cc32)cc1.O=C(O)C(F)(F)F. The van der Waals surface area contributed by atoms with Crippen molar-refractivity contribution in [3.63, 3.8) is 0 Å². The van der Waals surface area contributed by atoms with Crippen LogP contribution in [0.1, 0.15) is 105 Å². The van der Waals surface area contributed by atoms with Gasteiger partial charge in [0.05, 0.1) is 0 Å². The third-order valence-electron chi connectivity index (χ3n) is 8.13. The van der Waals surface area contributed by atoms with Crippen LogP contribution in [0.2, 0.25) is 0 Å². The van der Waals surface area contributed by atoms with E-state index in [0.29, 0.717) is 17.7 Å². The second-order valence-electron chi connectivity index (χ2n) is 11.1. The molecule has 4 aliphatic rings. The Hall–Kier alpha value is -4.38. The molecule has 3 aromatic carbocycles. The highest BCUT2D eigenvalue weighted by atomic mass is 19.4. The van der Waals surface area contributed by atoms with E-state index in [2.05, 4.69) is 28.7 Å². The van der Waals surface area contributed by atoms with E-state index < -0.39 is 12.1 Å².